The minimum Gasteiger partial charge on any atom is -0.508 e. The zero-order chi connectivity index (χ0) is 13.8. The normalized spacial score (nSPS) is 10.4. The first kappa shape index (κ1) is 13.2. The molecule has 0 spiro atoms. The van der Waals surface area contributed by atoms with E-state index >= 15 is 0 Å². The summed E-state index contributed by atoms with van der Waals surface area (Å²) in [7, 11) is 0. The number of hydrogen-bond acceptors (Lipinski definition) is 3. The van der Waals surface area contributed by atoms with E-state index in [-0.39, 0.29) is 11.6 Å². The largest absolute Gasteiger partial charge is 0.508 e. The highest BCUT2D eigenvalue weighted by Crippen LogP contribution is 2.24. The van der Waals surface area contributed by atoms with Crippen LogP contribution in [-0.2, 0) is 6.54 Å². The number of benzene rings is 2. The third kappa shape index (κ3) is 2.96. The highest BCUT2D eigenvalue weighted by molar-refractivity contribution is 5.54. The summed E-state index contributed by atoms with van der Waals surface area (Å²) in [5.41, 5.74) is 7.58. The number of halogens is 1. The maximum Gasteiger partial charge on any atom is 0.130 e. The second-order valence-corrected chi connectivity index (χ2v) is 4.34. The summed E-state index contributed by atoms with van der Waals surface area (Å²) in [5.74, 6) is -0.115. The molecule has 19 heavy (non-hydrogen) atoms. The van der Waals surface area contributed by atoms with E-state index < -0.39 is 0 Å². The first-order valence-electron chi connectivity index (χ1n) is 6.18. The van der Waals surface area contributed by atoms with E-state index in [1.165, 1.54) is 6.07 Å². The van der Waals surface area contributed by atoms with E-state index in [1.807, 2.05) is 17.9 Å². The van der Waals surface area contributed by atoms with Crippen LogP contribution in [0.25, 0.3) is 0 Å². The highest BCUT2D eigenvalue weighted by atomic mass is 19.1. The molecule has 2 aromatic carbocycles. The van der Waals surface area contributed by atoms with E-state index in [4.69, 9.17) is 5.73 Å². The van der Waals surface area contributed by atoms with Crippen molar-refractivity contribution in [1.29, 1.82) is 0 Å². The van der Waals surface area contributed by atoms with Crippen molar-refractivity contribution in [2.45, 2.75) is 13.5 Å². The van der Waals surface area contributed by atoms with Crippen LogP contribution >= 0.6 is 0 Å². The molecule has 0 bridgehead atoms. The number of nitrogen functional groups attached to an aromatic ring is 1. The van der Waals surface area contributed by atoms with Crippen molar-refractivity contribution in [3.63, 3.8) is 0 Å². The van der Waals surface area contributed by atoms with Gasteiger partial charge >= 0.3 is 0 Å². The van der Waals surface area contributed by atoms with Crippen LogP contribution in [0.1, 0.15) is 12.5 Å². The Bertz CT molecular complexity index is 552. The molecule has 100 valence electrons. The Labute approximate surface area is 112 Å². The molecule has 2 aromatic rings. The standard InChI is InChI=1S/C15H17FN2O/c1-2-18(11-5-3-6-12(19)9-11)10-13-14(16)7-4-8-15(13)17/h3-9,19H,2,10,17H2,1H3. The Morgan fingerprint density at radius 3 is 2.58 bits per heavy atom. The Balaban J connectivity index is 2.29. The fourth-order valence-corrected chi connectivity index (χ4v) is 2.01. The van der Waals surface area contributed by atoms with Crippen molar-refractivity contribution in [3.8, 4) is 5.75 Å². The number of nitrogens with two attached hydrogens (primary N) is 1. The van der Waals surface area contributed by atoms with Gasteiger partial charge in [0.1, 0.15) is 11.6 Å². The summed E-state index contributed by atoms with van der Waals surface area (Å²) in [4.78, 5) is 1.95. The summed E-state index contributed by atoms with van der Waals surface area (Å²) >= 11 is 0. The summed E-state index contributed by atoms with van der Waals surface area (Å²) in [5, 5.41) is 9.51. The zero-order valence-electron chi connectivity index (χ0n) is 10.8. The number of phenolic OH excluding ortho intramolecular Hbond substituents is 1. The molecule has 0 aromatic heterocycles. The van der Waals surface area contributed by atoms with Gasteiger partial charge in [0, 0.05) is 36.1 Å². The lowest BCUT2D eigenvalue weighted by Crippen LogP contribution is -2.23. The SMILES string of the molecule is CCN(Cc1c(N)cccc1F)c1cccc(O)c1. The van der Waals surface area contributed by atoms with Crippen LogP contribution in [0.2, 0.25) is 0 Å². The molecular formula is C15H17FN2O. The van der Waals surface area contributed by atoms with Crippen molar-refractivity contribution < 1.29 is 9.50 Å². The van der Waals surface area contributed by atoms with E-state index in [9.17, 15) is 9.50 Å². The zero-order valence-corrected chi connectivity index (χ0v) is 10.8. The number of aromatic hydroxyl groups is 1. The van der Waals surface area contributed by atoms with Gasteiger partial charge in [-0.05, 0) is 31.2 Å². The van der Waals surface area contributed by atoms with E-state index in [0.717, 1.165) is 5.69 Å². The second kappa shape index (κ2) is 5.61. The van der Waals surface area contributed by atoms with Gasteiger partial charge in [-0.2, -0.15) is 0 Å². The highest BCUT2D eigenvalue weighted by Gasteiger charge is 2.11. The first-order chi connectivity index (χ1) is 9.11. The van der Waals surface area contributed by atoms with Gasteiger partial charge in [-0.3, -0.25) is 0 Å². The minimum atomic E-state index is -0.307. The average Bonchev–Trinajstić information content (AvgIpc) is 2.38. The van der Waals surface area contributed by atoms with Gasteiger partial charge < -0.3 is 15.7 Å². The maximum atomic E-state index is 13.8. The number of rotatable bonds is 4. The molecule has 0 aliphatic heterocycles. The number of hydrogen-bond donors (Lipinski definition) is 2. The van der Waals surface area contributed by atoms with Crippen molar-refractivity contribution >= 4 is 11.4 Å². The lowest BCUT2D eigenvalue weighted by Gasteiger charge is -2.24. The van der Waals surface area contributed by atoms with E-state index in [0.29, 0.717) is 24.3 Å². The fraction of sp³-hybridized carbons (Fsp3) is 0.200. The topological polar surface area (TPSA) is 49.5 Å². The molecule has 0 aliphatic carbocycles. The fourth-order valence-electron chi connectivity index (χ4n) is 2.01. The smallest absolute Gasteiger partial charge is 0.130 e. The van der Waals surface area contributed by atoms with Crippen molar-refractivity contribution in [2.75, 3.05) is 17.2 Å². The van der Waals surface area contributed by atoms with Crippen LogP contribution in [0.4, 0.5) is 15.8 Å². The van der Waals surface area contributed by atoms with Crippen molar-refractivity contribution in [1.82, 2.24) is 0 Å². The van der Waals surface area contributed by atoms with Gasteiger partial charge in [-0.25, -0.2) is 4.39 Å². The molecule has 0 saturated heterocycles. The van der Waals surface area contributed by atoms with Gasteiger partial charge in [-0.15, -0.1) is 0 Å². The molecule has 3 N–H and O–H groups in total. The number of phenols is 1. The maximum absolute atomic E-state index is 13.8. The average molecular weight is 260 g/mol. The van der Waals surface area contributed by atoms with E-state index in [1.54, 1.807) is 30.3 Å². The molecule has 0 aliphatic rings. The number of anilines is 2. The van der Waals surface area contributed by atoms with E-state index in [2.05, 4.69) is 0 Å². The predicted octanol–water partition coefficient (Wildman–Crippen LogP) is 3.14. The second-order valence-electron chi connectivity index (χ2n) is 4.34. The molecular weight excluding hydrogens is 243 g/mol. The molecule has 0 fully saturated rings. The molecule has 4 heteroatoms. The lowest BCUT2D eigenvalue weighted by molar-refractivity contribution is 0.475. The lowest BCUT2D eigenvalue weighted by atomic mass is 10.1. The summed E-state index contributed by atoms with van der Waals surface area (Å²) in [6.07, 6.45) is 0. The molecule has 0 unspecified atom stereocenters. The Hall–Kier alpha value is -2.23. The van der Waals surface area contributed by atoms with Crippen molar-refractivity contribution in [2.24, 2.45) is 0 Å². The molecule has 0 heterocycles. The summed E-state index contributed by atoms with van der Waals surface area (Å²) < 4.78 is 13.8. The van der Waals surface area contributed by atoms with Crippen LogP contribution in [0, 0.1) is 5.82 Å². The third-order valence-corrected chi connectivity index (χ3v) is 3.08. The minimum absolute atomic E-state index is 0.192. The molecule has 2 rings (SSSR count). The Morgan fingerprint density at radius 2 is 1.95 bits per heavy atom. The first-order valence-corrected chi connectivity index (χ1v) is 6.18. The summed E-state index contributed by atoms with van der Waals surface area (Å²) in [6, 6.07) is 11.6. The van der Waals surface area contributed by atoms with Gasteiger partial charge in [0.2, 0.25) is 0 Å². The van der Waals surface area contributed by atoms with Gasteiger partial charge in [-0.1, -0.05) is 12.1 Å². The van der Waals surface area contributed by atoms with Crippen LogP contribution in [0.15, 0.2) is 42.5 Å². The Morgan fingerprint density at radius 1 is 1.21 bits per heavy atom. The van der Waals surface area contributed by atoms with Crippen LogP contribution in [0.5, 0.6) is 5.75 Å². The molecule has 0 atom stereocenters. The molecule has 0 saturated carbocycles. The summed E-state index contributed by atoms with van der Waals surface area (Å²) in [6.45, 7) is 3.04. The van der Waals surface area contributed by atoms with Crippen LogP contribution in [-0.4, -0.2) is 11.7 Å². The molecule has 0 amide bonds. The number of nitrogens with zero attached hydrogens (tertiary/aromatic N) is 1. The Kier molecular flexibility index (Phi) is 3.90. The monoisotopic (exact) mass is 260 g/mol. The molecule has 0 radical (unpaired) electrons. The third-order valence-electron chi connectivity index (χ3n) is 3.08. The van der Waals surface area contributed by atoms with Crippen LogP contribution < -0.4 is 10.6 Å². The predicted molar refractivity (Wildman–Crippen MR) is 75.6 cm³/mol. The van der Waals surface area contributed by atoms with Crippen LogP contribution in [0.3, 0.4) is 0 Å². The van der Waals surface area contributed by atoms with Gasteiger partial charge in [0.05, 0.1) is 0 Å². The van der Waals surface area contributed by atoms with Crippen molar-refractivity contribution in [3.05, 3.63) is 53.8 Å². The quantitative estimate of drug-likeness (QED) is 0.830. The van der Waals surface area contributed by atoms with Gasteiger partial charge in [0.25, 0.3) is 0 Å². The molecule has 3 nitrogen and oxygen atoms in total. The van der Waals surface area contributed by atoms with Gasteiger partial charge in [0.15, 0.2) is 0 Å².